The third-order valence-corrected chi connectivity index (χ3v) is 9.81. The van der Waals surface area contributed by atoms with Crippen molar-refractivity contribution >= 4 is 29.4 Å². The highest BCUT2D eigenvalue weighted by molar-refractivity contribution is 6.06. The van der Waals surface area contributed by atoms with Gasteiger partial charge in [-0.3, -0.25) is 19.2 Å². The maximum Gasteiger partial charge on any atom is 0.313 e. The fourth-order valence-electron chi connectivity index (χ4n) is 7.65. The van der Waals surface area contributed by atoms with Crippen LogP contribution in [0.15, 0.2) is 72.8 Å². The van der Waals surface area contributed by atoms with E-state index in [1.807, 2.05) is 74.5 Å². The van der Waals surface area contributed by atoms with Gasteiger partial charge in [0.05, 0.1) is 18.6 Å². The molecule has 3 amide bonds. The van der Waals surface area contributed by atoms with Crippen LogP contribution in [0.1, 0.15) is 54.9 Å². The second-order valence-electron chi connectivity index (χ2n) is 12.9. The number of aliphatic hydroxyl groups excluding tert-OH is 1. The molecule has 2 saturated heterocycles. The van der Waals surface area contributed by atoms with Gasteiger partial charge in [0.25, 0.3) is 5.91 Å². The third-order valence-electron chi connectivity index (χ3n) is 9.81. The van der Waals surface area contributed by atoms with Crippen LogP contribution in [-0.2, 0) is 28.7 Å². The van der Waals surface area contributed by atoms with Gasteiger partial charge in [0, 0.05) is 31.8 Å². The lowest BCUT2D eigenvalue weighted by Crippen LogP contribution is -2.55. The number of para-hydroxylation sites is 1. The molecule has 1 spiro atoms. The van der Waals surface area contributed by atoms with Crippen molar-refractivity contribution in [2.24, 2.45) is 11.8 Å². The number of aryl methyl sites for hydroxylation is 2. The van der Waals surface area contributed by atoms with E-state index >= 15 is 0 Å². The van der Waals surface area contributed by atoms with Crippen LogP contribution in [-0.4, -0.2) is 77.7 Å². The maximum absolute atomic E-state index is 14.8. The Labute approximate surface area is 275 Å². The molecule has 2 N–H and O–H groups in total. The van der Waals surface area contributed by atoms with E-state index in [0.717, 1.165) is 16.8 Å². The van der Waals surface area contributed by atoms with Gasteiger partial charge in [-0.2, -0.15) is 0 Å². The van der Waals surface area contributed by atoms with Crippen LogP contribution in [0, 0.1) is 25.7 Å². The number of rotatable bonds is 7. The molecule has 0 saturated carbocycles. The summed E-state index contributed by atoms with van der Waals surface area (Å²) in [5.74, 6) is -3.39. The fraction of sp³-hybridized carbons (Fsp3) is 0.459. The van der Waals surface area contributed by atoms with Crippen molar-refractivity contribution < 1.29 is 33.8 Å². The van der Waals surface area contributed by atoms with Crippen LogP contribution in [0.5, 0.6) is 0 Å². The van der Waals surface area contributed by atoms with Crippen LogP contribution >= 0.6 is 0 Å². The molecule has 2 aromatic rings. The Morgan fingerprint density at radius 3 is 2.45 bits per heavy atom. The Kier molecular flexibility index (Phi) is 9.61. The van der Waals surface area contributed by atoms with Crippen molar-refractivity contribution in [2.45, 2.75) is 69.8 Å². The second-order valence-corrected chi connectivity index (χ2v) is 12.9. The number of amides is 3. The summed E-state index contributed by atoms with van der Waals surface area (Å²) in [5.41, 5.74) is 1.98. The molecule has 10 nitrogen and oxygen atoms in total. The first kappa shape index (κ1) is 32.7. The van der Waals surface area contributed by atoms with Crippen molar-refractivity contribution in [3.63, 3.8) is 0 Å². The largest absolute Gasteiger partial charge is 0.455 e. The number of allylic oxidation sites excluding steroid dienone is 1. The molecular weight excluding hydrogens is 598 g/mol. The van der Waals surface area contributed by atoms with E-state index in [4.69, 9.17) is 9.47 Å². The molecule has 6 rings (SSSR count). The predicted octanol–water partition coefficient (Wildman–Crippen LogP) is 3.70. The van der Waals surface area contributed by atoms with Gasteiger partial charge in [0.2, 0.25) is 11.8 Å². The van der Waals surface area contributed by atoms with E-state index in [1.54, 1.807) is 22.0 Å². The Morgan fingerprint density at radius 2 is 1.70 bits per heavy atom. The predicted molar refractivity (Wildman–Crippen MR) is 175 cm³/mol. The van der Waals surface area contributed by atoms with Crippen molar-refractivity contribution in [3.05, 3.63) is 89.5 Å². The van der Waals surface area contributed by atoms with Crippen LogP contribution in [0.3, 0.4) is 0 Å². The number of carbonyl (C=O) groups excluding carboxylic acids is 4. The highest BCUT2D eigenvalue weighted by Gasteiger charge is 2.71. The zero-order chi connectivity index (χ0) is 33.1. The molecule has 4 heterocycles. The summed E-state index contributed by atoms with van der Waals surface area (Å²) in [6.07, 6.45) is 8.12. The molecule has 6 atom stereocenters. The van der Waals surface area contributed by atoms with Gasteiger partial charge in [-0.15, -0.1) is 0 Å². The topological polar surface area (TPSA) is 125 Å². The van der Waals surface area contributed by atoms with Crippen molar-refractivity contribution in [1.29, 1.82) is 0 Å². The first-order chi connectivity index (χ1) is 22.8. The van der Waals surface area contributed by atoms with Crippen LogP contribution < -0.4 is 10.2 Å². The molecule has 2 fully saturated rings. The van der Waals surface area contributed by atoms with Gasteiger partial charge in [-0.05, 0) is 56.2 Å². The lowest BCUT2D eigenvalue weighted by molar-refractivity contribution is -0.159. The van der Waals surface area contributed by atoms with Gasteiger partial charge < -0.3 is 29.7 Å². The number of nitrogens with one attached hydrogen (secondary N) is 1. The number of benzene rings is 2. The summed E-state index contributed by atoms with van der Waals surface area (Å²) in [7, 11) is 0. The number of carbonyl (C=O) groups is 4. The Balaban J connectivity index is 1.42. The first-order valence-corrected chi connectivity index (χ1v) is 16.6. The summed E-state index contributed by atoms with van der Waals surface area (Å²) >= 11 is 0. The normalized spacial score (nSPS) is 30.0. The SMILES string of the molecule is Cc1cccc(C)c1N1CC=C[C@]23O[C@@H]4/C=C\CCC(=O)NC[C@@H](c5ccccc5)OC(=O)[C@@H]4[C@H]2C(=O)N(CCCCCO)[C@@H]3C1=O. The van der Waals surface area contributed by atoms with E-state index in [0.29, 0.717) is 31.2 Å². The summed E-state index contributed by atoms with van der Waals surface area (Å²) < 4.78 is 13.0. The Morgan fingerprint density at radius 1 is 0.936 bits per heavy atom. The third kappa shape index (κ3) is 6.12. The molecule has 248 valence electrons. The molecule has 0 bridgehead atoms. The van der Waals surface area contributed by atoms with Crippen LogP contribution in [0.2, 0.25) is 0 Å². The Bertz CT molecular complexity index is 1550. The standard InChI is InChI=1S/C37H43N3O7/c1-24-13-11-14-25(2)32(24)39-21-12-19-37-31(34(43)40(33(37)35(39)44)20-9-4-10-22-41)30-27(47-37)17-7-8-18-29(42)38-23-28(46-36(30)45)26-15-5-3-6-16-26/h3,5-7,11-17,19,27-28,30-31,33,41H,4,8-10,18,20-23H2,1-2H3,(H,38,42)/b17-7-/t27-,28+,30+,31+,33-,37+/m1/s1. The van der Waals surface area contributed by atoms with Crippen LogP contribution in [0.25, 0.3) is 0 Å². The number of cyclic esters (lactones) is 1. The van der Waals surface area contributed by atoms with E-state index in [2.05, 4.69) is 5.32 Å². The summed E-state index contributed by atoms with van der Waals surface area (Å²) in [6, 6.07) is 14.1. The number of fused-ring (bicyclic) bond motifs is 2. The molecular formula is C37H43N3O7. The first-order valence-electron chi connectivity index (χ1n) is 16.6. The summed E-state index contributed by atoms with van der Waals surface area (Å²) in [4.78, 5) is 59.6. The van der Waals surface area contributed by atoms with E-state index < -0.39 is 41.7 Å². The minimum atomic E-state index is -1.41. The molecule has 0 aromatic heterocycles. The van der Waals surface area contributed by atoms with Gasteiger partial charge in [-0.1, -0.05) is 72.8 Å². The molecule has 4 aliphatic heterocycles. The van der Waals surface area contributed by atoms with Crippen LogP contribution in [0.4, 0.5) is 5.69 Å². The van der Waals surface area contributed by atoms with E-state index in [-0.39, 0.29) is 50.4 Å². The van der Waals surface area contributed by atoms with Crippen molar-refractivity contribution in [2.75, 3.05) is 31.1 Å². The lowest BCUT2D eigenvalue weighted by Gasteiger charge is -2.36. The highest BCUT2D eigenvalue weighted by Crippen LogP contribution is 2.53. The van der Waals surface area contributed by atoms with Gasteiger partial charge in [-0.25, -0.2) is 0 Å². The maximum atomic E-state index is 14.8. The minimum absolute atomic E-state index is 0.0417. The number of likely N-dealkylation sites (tertiary alicyclic amines) is 1. The van der Waals surface area contributed by atoms with Crippen molar-refractivity contribution in [3.8, 4) is 0 Å². The second kappa shape index (κ2) is 13.8. The zero-order valence-electron chi connectivity index (χ0n) is 27.0. The smallest absolute Gasteiger partial charge is 0.313 e. The molecule has 4 aliphatic rings. The number of ether oxygens (including phenoxy) is 2. The number of esters is 1. The average Bonchev–Trinajstić information content (AvgIpc) is 3.44. The number of nitrogens with zero attached hydrogens (tertiary/aromatic N) is 2. The molecule has 10 heteroatoms. The fourth-order valence-corrected chi connectivity index (χ4v) is 7.65. The Hall–Kier alpha value is -4.28. The number of unbranched alkanes of at least 4 members (excludes halogenated alkanes) is 2. The number of aliphatic hydroxyl groups is 1. The molecule has 0 radical (unpaired) electrons. The zero-order valence-corrected chi connectivity index (χ0v) is 27.0. The molecule has 2 aromatic carbocycles. The number of anilines is 1. The monoisotopic (exact) mass is 641 g/mol. The summed E-state index contributed by atoms with van der Waals surface area (Å²) in [6.45, 7) is 4.62. The van der Waals surface area contributed by atoms with Gasteiger partial charge >= 0.3 is 5.97 Å². The minimum Gasteiger partial charge on any atom is -0.455 e. The van der Waals surface area contributed by atoms with E-state index in [1.165, 1.54) is 0 Å². The lowest BCUT2D eigenvalue weighted by atomic mass is 9.77. The number of hydrogen-bond donors (Lipinski definition) is 2. The highest BCUT2D eigenvalue weighted by atomic mass is 16.6. The average molecular weight is 642 g/mol. The molecule has 0 aliphatic carbocycles. The van der Waals surface area contributed by atoms with Gasteiger partial charge in [0.15, 0.2) is 0 Å². The quantitative estimate of drug-likeness (QED) is 0.268. The number of hydrogen-bond acceptors (Lipinski definition) is 7. The van der Waals surface area contributed by atoms with E-state index in [9.17, 15) is 24.3 Å². The van der Waals surface area contributed by atoms with Gasteiger partial charge in [0.1, 0.15) is 23.7 Å². The van der Waals surface area contributed by atoms with Crippen molar-refractivity contribution in [1.82, 2.24) is 10.2 Å². The molecule has 47 heavy (non-hydrogen) atoms. The summed E-state index contributed by atoms with van der Waals surface area (Å²) in [5, 5.41) is 12.3. The molecule has 0 unspecified atom stereocenters.